The van der Waals surface area contributed by atoms with Crippen LogP contribution in [0.3, 0.4) is 0 Å². The van der Waals surface area contributed by atoms with Crippen molar-refractivity contribution in [2.75, 3.05) is 99.1 Å². The second-order valence-corrected chi connectivity index (χ2v) is 12.1. The highest BCUT2D eigenvalue weighted by Crippen LogP contribution is 2.21. The molecule has 3 aliphatic rings. The Balaban J connectivity index is 1.42. The zero-order chi connectivity index (χ0) is 21.3. The first-order valence-electron chi connectivity index (χ1n) is 11.5. The van der Waals surface area contributed by atoms with E-state index in [-0.39, 0.29) is 6.61 Å². The highest BCUT2D eigenvalue weighted by Gasteiger charge is 2.43. The standard InChI is InChI=1S/C19H43N3O6Si2/c1-24-13-7-21(6-12-23)8-14-25-29-18-2-4-20-5-3-19-30-26-15-9-22(10-16-27-30)11-17-28-30/h20,23H,2-19,29H2,1H3. The molecule has 178 valence electrons. The first-order chi connectivity index (χ1) is 14.8. The van der Waals surface area contributed by atoms with E-state index in [1.165, 1.54) is 6.04 Å². The van der Waals surface area contributed by atoms with Gasteiger partial charge in [-0.2, -0.15) is 0 Å². The lowest BCUT2D eigenvalue weighted by molar-refractivity contribution is -0.00849. The molecule has 0 aromatic rings. The second-order valence-electron chi connectivity index (χ2n) is 7.80. The van der Waals surface area contributed by atoms with Crippen molar-refractivity contribution in [3.8, 4) is 0 Å². The molecule has 2 bridgehead atoms. The first-order valence-corrected chi connectivity index (χ1v) is 15.0. The number of methoxy groups -OCH3 is 1. The average molecular weight is 466 g/mol. The molecule has 0 spiro atoms. The van der Waals surface area contributed by atoms with Crippen LogP contribution in [0.1, 0.15) is 12.8 Å². The van der Waals surface area contributed by atoms with Crippen LogP contribution in [0.5, 0.6) is 0 Å². The zero-order valence-corrected chi connectivity index (χ0v) is 21.2. The van der Waals surface area contributed by atoms with Crippen molar-refractivity contribution >= 4 is 18.6 Å². The molecule has 11 heteroatoms. The van der Waals surface area contributed by atoms with Crippen LogP contribution in [-0.2, 0) is 22.4 Å². The van der Waals surface area contributed by atoms with E-state index in [9.17, 15) is 0 Å². The Bertz CT molecular complexity index is 401. The lowest BCUT2D eigenvalue weighted by Gasteiger charge is -2.38. The van der Waals surface area contributed by atoms with Crippen molar-refractivity contribution in [3.05, 3.63) is 0 Å². The Hall–Kier alpha value is 0.0738. The summed E-state index contributed by atoms with van der Waals surface area (Å²) in [7, 11) is -1.20. The van der Waals surface area contributed by atoms with E-state index in [0.717, 1.165) is 91.1 Å². The van der Waals surface area contributed by atoms with Crippen LogP contribution in [0, 0.1) is 0 Å². The SMILES string of the molecule is COCCN(CCO)CCO[SiH2]CCCNCCC[Si]12OCCN(CCO1)CCO2. The zero-order valence-electron chi connectivity index (χ0n) is 18.8. The van der Waals surface area contributed by atoms with Crippen LogP contribution in [0.25, 0.3) is 0 Å². The predicted octanol–water partition coefficient (Wildman–Crippen LogP) is -0.866. The normalized spacial score (nSPS) is 25.1. The smallest absolute Gasteiger partial charge is 0.423 e. The monoisotopic (exact) mass is 465 g/mol. The molecule has 0 aliphatic carbocycles. The van der Waals surface area contributed by atoms with Gasteiger partial charge in [-0.1, -0.05) is 0 Å². The minimum absolute atomic E-state index is 0.180. The molecule has 3 aliphatic heterocycles. The Morgan fingerprint density at radius 1 is 1.00 bits per heavy atom. The summed E-state index contributed by atoms with van der Waals surface area (Å²) in [6, 6.07) is 2.10. The fourth-order valence-electron chi connectivity index (χ4n) is 3.67. The van der Waals surface area contributed by atoms with Crippen LogP contribution < -0.4 is 5.32 Å². The highest BCUT2D eigenvalue weighted by atomic mass is 28.4. The summed E-state index contributed by atoms with van der Waals surface area (Å²) in [5.74, 6) is 0. The van der Waals surface area contributed by atoms with Crippen LogP contribution in [0.15, 0.2) is 0 Å². The fraction of sp³-hybridized carbons (Fsp3) is 1.00. The molecule has 0 atom stereocenters. The van der Waals surface area contributed by atoms with Crippen molar-refractivity contribution in [3.63, 3.8) is 0 Å². The molecule has 3 rings (SSSR count). The van der Waals surface area contributed by atoms with Crippen molar-refractivity contribution in [2.24, 2.45) is 0 Å². The molecule has 0 saturated carbocycles. The minimum atomic E-state index is -2.45. The van der Waals surface area contributed by atoms with E-state index in [0.29, 0.717) is 13.2 Å². The summed E-state index contributed by atoms with van der Waals surface area (Å²) >= 11 is 0. The summed E-state index contributed by atoms with van der Waals surface area (Å²) in [6.07, 6.45) is 2.20. The van der Waals surface area contributed by atoms with E-state index in [1.807, 2.05) is 0 Å². The van der Waals surface area contributed by atoms with Crippen LogP contribution in [-0.4, -0.2) is 133 Å². The first kappa shape index (κ1) is 26.3. The number of rotatable bonds is 17. The van der Waals surface area contributed by atoms with Gasteiger partial charge in [-0.25, -0.2) is 0 Å². The number of fused-ring (bicyclic) bond motifs is 6. The highest BCUT2D eigenvalue weighted by molar-refractivity contribution is 6.60. The van der Waals surface area contributed by atoms with Crippen LogP contribution >= 0.6 is 0 Å². The molecule has 9 nitrogen and oxygen atoms in total. The van der Waals surface area contributed by atoms with Gasteiger partial charge in [-0.15, -0.1) is 0 Å². The van der Waals surface area contributed by atoms with E-state index in [4.69, 9.17) is 27.5 Å². The maximum Gasteiger partial charge on any atom is 0.501 e. The Morgan fingerprint density at radius 3 is 2.33 bits per heavy atom. The molecular formula is C19H43N3O6Si2. The van der Waals surface area contributed by atoms with Crippen LogP contribution in [0.2, 0.25) is 12.1 Å². The molecule has 30 heavy (non-hydrogen) atoms. The van der Waals surface area contributed by atoms with E-state index >= 15 is 0 Å². The Morgan fingerprint density at radius 2 is 1.67 bits per heavy atom. The molecule has 2 N–H and O–H groups in total. The van der Waals surface area contributed by atoms with Gasteiger partial charge in [0.05, 0.1) is 33.0 Å². The Kier molecular flexibility index (Phi) is 14.6. The molecule has 0 unspecified atom stereocenters. The molecular weight excluding hydrogens is 422 g/mol. The van der Waals surface area contributed by atoms with E-state index in [1.54, 1.807) is 7.11 Å². The van der Waals surface area contributed by atoms with Gasteiger partial charge in [-0.3, -0.25) is 9.80 Å². The summed E-state index contributed by atoms with van der Waals surface area (Å²) < 4.78 is 29.2. The molecule has 0 radical (unpaired) electrons. The van der Waals surface area contributed by atoms with Crippen molar-refractivity contribution in [2.45, 2.75) is 24.9 Å². The predicted molar refractivity (Wildman–Crippen MR) is 122 cm³/mol. The maximum atomic E-state index is 9.10. The van der Waals surface area contributed by atoms with Gasteiger partial charge >= 0.3 is 8.80 Å². The van der Waals surface area contributed by atoms with Crippen molar-refractivity contribution in [1.29, 1.82) is 0 Å². The summed E-state index contributed by atoms with van der Waals surface area (Å²) in [6.45, 7) is 11.2. The Labute approximate surface area is 185 Å². The minimum Gasteiger partial charge on any atom is -0.423 e. The van der Waals surface area contributed by atoms with Gasteiger partial charge in [0, 0.05) is 59.0 Å². The lowest BCUT2D eigenvalue weighted by atomic mass is 10.4. The number of hydrogen-bond acceptors (Lipinski definition) is 9. The average Bonchev–Trinajstić information content (AvgIpc) is 2.70. The van der Waals surface area contributed by atoms with E-state index in [2.05, 4.69) is 15.1 Å². The number of nitrogens with zero attached hydrogens (tertiary/aromatic N) is 2. The molecule has 3 fully saturated rings. The van der Waals surface area contributed by atoms with Crippen LogP contribution in [0.4, 0.5) is 0 Å². The second kappa shape index (κ2) is 16.7. The number of aliphatic hydroxyl groups excluding tert-OH is 1. The number of hydrogen-bond donors (Lipinski definition) is 2. The van der Waals surface area contributed by atoms with Gasteiger partial charge in [0.1, 0.15) is 0 Å². The van der Waals surface area contributed by atoms with Gasteiger partial charge < -0.3 is 32.9 Å². The number of aliphatic hydroxyl groups is 1. The topological polar surface area (TPSA) is 84.9 Å². The maximum absolute atomic E-state index is 9.10. The third-order valence-corrected chi connectivity index (χ3v) is 9.76. The molecule has 3 heterocycles. The summed E-state index contributed by atoms with van der Waals surface area (Å²) in [5.41, 5.74) is 0. The van der Waals surface area contributed by atoms with Crippen molar-refractivity contribution < 1.29 is 27.5 Å². The van der Waals surface area contributed by atoms with Gasteiger partial charge in [-0.05, 0) is 32.0 Å². The van der Waals surface area contributed by atoms with E-state index < -0.39 is 18.6 Å². The fourth-order valence-corrected chi connectivity index (χ4v) is 7.16. The molecule has 0 amide bonds. The van der Waals surface area contributed by atoms with Gasteiger partial charge in [0.2, 0.25) is 0 Å². The largest absolute Gasteiger partial charge is 0.501 e. The quantitative estimate of drug-likeness (QED) is 0.210. The number of nitrogens with one attached hydrogen (secondary N) is 1. The number of ether oxygens (including phenoxy) is 1. The third kappa shape index (κ3) is 11.1. The molecule has 3 saturated heterocycles. The molecule has 0 aromatic heterocycles. The lowest BCUT2D eigenvalue weighted by Crippen LogP contribution is -2.55. The molecule has 0 aromatic carbocycles. The summed E-state index contributed by atoms with van der Waals surface area (Å²) in [5, 5.41) is 12.6. The summed E-state index contributed by atoms with van der Waals surface area (Å²) in [4.78, 5) is 4.53. The third-order valence-electron chi connectivity index (χ3n) is 5.50. The van der Waals surface area contributed by atoms with Crippen molar-refractivity contribution in [1.82, 2.24) is 15.1 Å². The van der Waals surface area contributed by atoms with Gasteiger partial charge in [0.25, 0.3) is 0 Å². The van der Waals surface area contributed by atoms with Gasteiger partial charge in [0.15, 0.2) is 9.76 Å².